The SMILES string of the molecule is CC(C)NCc1c(F)cccc1Sc1nnnn1C1CC1. The average molecular weight is 307 g/mol. The lowest BCUT2D eigenvalue weighted by Crippen LogP contribution is -2.22. The minimum atomic E-state index is -0.196. The number of tetrazole rings is 1. The Morgan fingerprint density at radius 3 is 2.95 bits per heavy atom. The molecule has 7 heteroatoms. The summed E-state index contributed by atoms with van der Waals surface area (Å²) in [5, 5.41) is 15.8. The first-order valence-electron chi connectivity index (χ1n) is 7.11. The standard InChI is InChI=1S/C14H18FN5S/c1-9(2)16-8-11-12(15)4-3-5-13(11)21-14-17-18-19-20(14)10-6-7-10/h3-5,9-10,16H,6-8H2,1-2H3. The molecule has 0 radical (unpaired) electrons. The van der Waals surface area contributed by atoms with Crippen LogP contribution >= 0.6 is 11.8 Å². The molecule has 112 valence electrons. The number of halogens is 1. The van der Waals surface area contributed by atoms with Crippen LogP contribution in [0.5, 0.6) is 0 Å². The van der Waals surface area contributed by atoms with Crippen molar-refractivity contribution < 1.29 is 4.39 Å². The maximum Gasteiger partial charge on any atom is 0.214 e. The van der Waals surface area contributed by atoms with Crippen LogP contribution in [0.3, 0.4) is 0 Å². The zero-order chi connectivity index (χ0) is 14.8. The van der Waals surface area contributed by atoms with Crippen LogP contribution in [0.25, 0.3) is 0 Å². The summed E-state index contributed by atoms with van der Waals surface area (Å²) in [7, 11) is 0. The van der Waals surface area contributed by atoms with Crippen LogP contribution in [-0.4, -0.2) is 26.2 Å². The van der Waals surface area contributed by atoms with E-state index >= 15 is 0 Å². The van der Waals surface area contributed by atoms with Crippen molar-refractivity contribution in [1.29, 1.82) is 0 Å². The van der Waals surface area contributed by atoms with Crippen molar-refractivity contribution in [3.05, 3.63) is 29.6 Å². The van der Waals surface area contributed by atoms with Crippen molar-refractivity contribution in [2.24, 2.45) is 0 Å². The third-order valence-corrected chi connectivity index (χ3v) is 4.37. The van der Waals surface area contributed by atoms with Gasteiger partial charge in [-0.15, -0.1) is 5.10 Å². The van der Waals surface area contributed by atoms with Gasteiger partial charge in [0.15, 0.2) is 0 Å². The molecule has 1 aromatic carbocycles. The Hall–Kier alpha value is -1.47. The van der Waals surface area contributed by atoms with Crippen LogP contribution in [0.15, 0.2) is 28.3 Å². The molecule has 2 aromatic rings. The first-order chi connectivity index (χ1) is 10.1. The maximum absolute atomic E-state index is 14.1. The van der Waals surface area contributed by atoms with Crippen LogP contribution in [0.1, 0.15) is 38.3 Å². The van der Waals surface area contributed by atoms with Crippen molar-refractivity contribution >= 4 is 11.8 Å². The topological polar surface area (TPSA) is 55.6 Å². The van der Waals surface area contributed by atoms with E-state index in [1.165, 1.54) is 17.8 Å². The van der Waals surface area contributed by atoms with E-state index < -0.39 is 0 Å². The molecule has 0 saturated heterocycles. The highest BCUT2D eigenvalue weighted by molar-refractivity contribution is 7.99. The summed E-state index contributed by atoms with van der Waals surface area (Å²) in [6.45, 7) is 4.58. The zero-order valence-corrected chi connectivity index (χ0v) is 12.9. The molecule has 1 aliphatic rings. The van der Waals surface area contributed by atoms with Gasteiger partial charge in [-0.3, -0.25) is 0 Å². The van der Waals surface area contributed by atoms with E-state index in [4.69, 9.17) is 0 Å². The van der Waals surface area contributed by atoms with E-state index in [1.807, 2.05) is 24.6 Å². The van der Waals surface area contributed by atoms with Gasteiger partial charge in [-0.05, 0) is 47.2 Å². The minimum Gasteiger partial charge on any atom is -0.310 e. The van der Waals surface area contributed by atoms with Gasteiger partial charge >= 0.3 is 0 Å². The Kier molecular flexibility index (Phi) is 4.21. The summed E-state index contributed by atoms with van der Waals surface area (Å²) in [4.78, 5) is 0.861. The summed E-state index contributed by atoms with van der Waals surface area (Å²) in [5.74, 6) is -0.196. The fraction of sp³-hybridized carbons (Fsp3) is 0.500. The number of rotatable bonds is 6. The van der Waals surface area contributed by atoms with Gasteiger partial charge in [0.05, 0.1) is 6.04 Å². The Bertz CT molecular complexity index is 624. The van der Waals surface area contributed by atoms with E-state index in [9.17, 15) is 4.39 Å². The van der Waals surface area contributed by atoms with Gasteiger partial charge in [0.2, 0.25) is 5.16 Å². The van der Waals surface area contributed by atoms with Crippen molar-refractivity contribution in [2.75, 3.05) is 0 Å². The van der Waals surface area contributed by atoms with Gasteiger partial charge < -0.3 is 5.32 Å². The Morgan fingerprint density at radius 2 is 2.24 bits per heavy atom. The highest BCUT2D eigenvalue weighted by Gasteiger charge is 2.28. The van der Waals surface area contributed by atoms with Crippen molar-refractivity contribution in [3.63, 3.8) is 0 Å². The molecule has 0 atom stereocenters. The van der Waals surface area contributed by atoms with Gasteiger partial charge in [0.25, 0.3) is 0 Å². The highest BCUT2D eigenvalue weighted by atomic mass is 32.2. The largest absolute Gasteiger partial charge is 0.310 e. The first-order valence-corrected chi connectivity index (χ1v) is 7.93. The highest BCUT2D eigenvalue weighted by Crippen LogP contribution is 2.38. The lowest BCUT2D eigenvalue weighted by Gasteiger charge is -2.13. The second-order valence-corrected chi connectivity index (χ2v) is 6.50. The second-order valence-electron chi connectivity index (χ2n) is 5.49. The smallest absolute Gasteiger partial charge is 0.214 e. The molecule has 0 bridgehead atoms. The van der Waals surface area contributed by atoms with E-state index in [0.717, 1.165) is 22.9 Å². The molecular weight excluding hydrogens is 289 g/mol. The monoisotopic (exact) mass is 307 g/mol. The van der Waals surface area contributed by atoms with E-state index in [0.29, 0.717) is 24.2 Å². The molecule has 1 heterocycles. The lowest BCUT2D eigenvalue weighted by molar-refractivity contribution is 0.545. The molecule has 1 saturated carbocycles. The predicted octanol–water partition coefficient (Wildman–Crippen LogP) is 2.80. The fourth-order valence-electron chi connectivity index (χ4n) is 2.01. The van der Waals surface area contributed by atoms with Crippen LogP contribution in [0.2, 0.25) is 0 Å². The van der Waals surface area contributed by atoms with Crippen molar-refractivity contribution in [3.8, 4) is 0 Å². The lowest BCUT2D eigenvalue weighted by atomic mass is 10.2. The normalized spacial score (nSPS) is 14.9. The van der Waals surface area contributed by atoms with Gasteiger partial charge in [-0.1, -0.05) is 19.9 Å². The van der Waals surface area contributed by atoms with Crippen LogP contribution in [0.4, 0.5) is 4.39 Å². The summed E-state index contributed by atoms with van der Waals surface area (Å²) in [5.41, 5.74) is 0.668. The Morgan fingerprint density at radius 1 is 1.43 bits per heavy atom. The van der Waals surface area contributed by atoms with Crippen LogP contribution in [-0.2, 0) is 6.54 Å². The molecule has 3 rings (SSSR count). The summed E-state index contributed by atoms with van der Waals surface area (Å²) < 4.78 is 15.9. The average Bonchev–Trinajstić information content (AvgIpc) is 3.18. The first kappa shape index (κ1) is 14.5. The zero-order valence-electron chi connectivity index (χ0n) is 12.1. The van der Waals surface area contributed by atoms with Crippen LogP contribution in [0, 0.1) is 5.82 Å². The summed E-state index contributed by atoms with van der Waals surface area (Å²) >= 11 is 1.43. The van der Waals surface area contributed by atoms with Gasteiger partial charge in [-0.2, -0.15) is 0 Å². The van der Waals surface area contributed by atoms with E-state index in [-0.39, 0.29) is 5.82 Å². The molecule has 5 nitrogen and oxygen atoms in total. The van der Waals surface area contributed by atoms with E-state index in [2.05, 4.69) is 20.8 Å². The van der Waals surface area contributed by atoms with E-state index in [1.54, 1.807) is 6.07 Å². The third-order valence-electron chi connectivity index (χ3n) is 3.32. The molecule has 21 heavy (non-hydrogen) atoms. The minimum absolute atomic E-state index is 0.196. The molecule has 1 N–H and O–H groups in total. The summed E-state index contributed by atoms with van der Waals surface area (Å²) in [6, 6.07) is 5.84. The number of hydrogen-bond donors (Lipinski definition) is 1. The molecular formula is C14H18FN5S. The fourth-order valence-corrected chi connectivity index (χ4v) is 3.00. The summed E-state index contributed by atoms with van der Waals surface area (Å²) in [6.07, 6.45) is 2.23. The van der Waals surface area contributed by atoms with Gasteiger partial charge in [0, 0.05) is 23.0 Å². The molecule has 0 amide bonds. The molecule has 1 aromatic heterocycles. The predicted molar refractivity (Wildman–Crippen MR) is 78.6 cm³/mol. The quantitative estimate of drug-likeness (QED) is 0.889. The molecule has 0 spiro atoms. The molecule has 0 unspecified atom stereocenters. The number of aromatic nitrogens is 4. The van der Waals surface area contributed by atoms with Gasteiger partial charge in [-0.25, -0.2) is 9.07 Å². The third kappa shape index (κ3) is 3.41. The Balaban J connectivity index is 1.83. The second kappa shape index (κ2) is 6.11. The van der Waals surface area contributed by atoms with Gasteiger partial charge in [0.1, 0.15) is 5.82 Å². The molecule has 1 aliphatic carbocycles. The Labute approximate surface area is 127 Å². The number of nitrogens with one attached hydrogen (secondary N) is 1. The number of benzene rings is 1. The molecule has 1 fully saturated rings. The number of hydrogen-bond acceptors (Lipinski definition) is 5. The van der Waals surface area contributed by atoms with Crippen molar-refractivity contribution in [2.45, 2.75) is 55.4 Å². The molecule has 0 aliphatic heterocycles. The van der Waals surface area contributed by atoms with Crippen LogP contribution < -0.4 is 5.32 Å². The number of nitrogens with zero attached hydrogens (tertiary/aromatic N) is 4. The maximum atomic E-state index is 14.1. The van der Waals surface area contributed by atoms with Crippen molar-refractivity contribution in [1.82, 2.24) is 25.5 Å².